The van der Waals surface area contributed by atoms with Gasteiger partial charge in [-0.15, -0.1) is 0 Å². The van der Waals surface area contributed by atoms with Crippen molar-refractivity contribution in [3.05, 3.63) is 107 Å². The van der Waals surface area contributed by atoms with Crippen LogP contribution in [0.1, 0.15) is 56.7 Å². The summed E-state index contributed by atoms with van der Waals surface area (Å²) in [6, 6.07) is 22.0. The minimum atomic E-state index is -2.22. The highest BCUT2D eigenvalue weighted by molar-refractivity contribution is 5.95. The van der Waals surface area contributed by atoms with E-state index in [1.165, 1.54) is 24.3 Å². The van der Waals surface area contributed by atoms with Gasteiger partial charge in [0.15, 0.2) is 0 Å². The number of esters is 2. The van der Waals surface area contributed by atoms with Crippen molar-refractivity contribution >= 4 is 35.9 Å². The van der Waals surface area contributed by atoms with Gasteiger partial charge >= 0.3 is 30.0 Å². The van der Waals surface area contributed by atoms with Crippen molar-refractivity contribution in [3.8, 4) is 0 Å². The molecule has 2 heterocycles. The third-order valence-electron chi connectivity index (χ3n) is 8.94. The van der Waals surface area contributed by atoms with Crippen molar-refractivity contribution in [1.82, 2.24) is 20.9 Å². The molecular formula is C39H46N4O11. The highest BCUT2D eigenvalue weighted by Crippen LogP contribution is 2.16. The molecule has 5 atom stereocenters. The number of piperidine rings is 1. The van der Waals surface area contributed by atoms with Gasteiger partial charge < -0.3 is 45.3 Å². The van der Waals surface area contributed by atoms with Crippen LogP contribution in [-0.2, 0) is 35.2 Å². The zero-order valence-electron chi connectivity index (χ0n) is 30.4. The Morgan fingerprint density at radius 2 is 1.30 bits per heavy atom. The first-order valence-corrected chi connectivity index (χ1v) is 17.5. The lowest BCUT2D eigenvalue weighted by molar-refractivity contribution is -0.166. The number of aliphatic carboxylic acids is 2. The number of carbonyl (C=O) groups excluding carboxylic acids is 4. The largest absolute Gasteiger partial charge is 0.478 e. The van der Waals surface area contributed by atoms with Crippen LogP contribution >= 0.6 is 0 Å². The summed E-state index contributed by atoms with van der Waals surface area (Å²) >= 11 is 0. The molecule has 0 aliphatic carbocycles. The number of nitrogens with one attached hydrogen (secondary N) is 3. The molecule has 0 bridgehead atoms. The second-order valence-electron chi connectivity index (χ2n) is 13.1. The number of nitrogens with zero attached hydrogens (tertiary/aromatic N) is 1. The Morgan fingerprint density at radius 1 is 0.759 bits per heavy atom. The third-order valence-corrected chi connectivity index (χ3v) is 8.94. The summed E-state index contributed by atoms with van der Waals surface area (Å²) in [6.45, 7) is 5.77. The first kappa shape index (κ1) is 41.0. The molecule has 3 aromatic carbocycles. The molecule has 2 aliphatic rings. The topological polar surface area (TPSA) is 210 Å². The first-order valence-electron chi connectivity index (χ1n) is 17.5. The van der Waals surface area contributed by atoms with E-state index in [9.17, 15) is 39.0 Å². The summed E-state index contributed by atoms with van der Waals surface area (Å²) in [5.74, 6) is -5.59. The Bertz CT molecular complexity index is 1670. The zero-order chi connectivity index (χ0) is 39.2. The molecule has 5 N–H and O–H groups in total. The molecule has 2 saturated heterocycles. The van der Waals surface area contributed by atoms with Gasteiger partial charge in [-0.25, -0.2) is 24.0 Å². The lowest BCUT2D eigenvalue weighted by Gasteiger charge is -2.29. The van der Waals surface area contributed by atoms with Gasteiger partial charge in [0.05, 0.1) is 17.2 Å². The number of benzene rings is 3. The second kappa shape index (κ2) is 19.9. The molecule has 54 heavy (non-hydrogen) atoms. The van der Waals surface area contributed by atoms with E-state index in [1.54, 1.807) is 43.0 Å². The molecule has 0 spiro atoms. The number of ether oxygens (including phenoxy) is 3. The normalized spacial score (nSPS) is 18.9. The number of likely N-dealkylation sites (tertiary alicyclic amines) is 1. The lowest BCUT2D eigenvalue weighted by Crippen LogP contribution is -2.54. The number of aryl methyl sites for hydroxylation is 2. The predicted molar refractivity (Wildman–Crippen MR) is 195 cm³/mol. The number of carbonyl (C=O) groups is 6. The van der Waals surface area contributed by atoms with Crippen LogP contribution in [-0.4, -0.2) is 108 Å². The Morgan fingerprint density at radius 3 is 1.76 bits per heavy atom. The first-order chi connectivity index (χ1) is 25.8. The number of likely N-dealkylation sites (N-methyl/N-ethyl adjacent to an activating group) is 1. The maximum Gasteiger partial charge on any atom is 0.410 e. The van der Waals surface area contributed by atoms with E-state index in [4.69, 9.17) is 14.2 Å². The van der Waals surface area contributed by atoms with Gasteiger partial charge in [0.25, 0.3) is 0 Å². The minimum Gasteiger partial charge on any atom is -0.478 e. The number of carboxylic acid groups (broad SMARTS) is 2. The zero-order valence-corrected chi connectivity index (χ0v) is 30.4. The van der Waals surface area contributed by atoms with Gasteiger partial charge in [-0.3, -0.25) is 4.79 Å². The van der Waals surface area contributed by atoms with Crippen LogP contribution in [0.25, 0.3) is 0 Å². The second-order valence-corrected chi connectivity index (χ2v) is 13.1. The third kappa shape index (κ3) is 12.1. The van der Waals surface area contributed by atoms with E-state index < -0.39 is 36.1 Å². The molecule has 3 aromatic rings. The summed E-state index contributed by atoms with van der Waals surface area (Å²) < 4.78 is 15.0. The lowest BCUT2D eigenvalue weighted by atomic mass is 10.00. The number of carboxylic acids is 2. The van der Waals surface area contributed by atoms with Crippen LogP contribution in [0.3, 0.4) is 0 Å². The molecule has 15 nitrogen and oxygen atoms in total. The molecule has 15 heteroatoms. The van der Waals surface area contributed by atoms with Gasteiger partial charge in [0.2, 0.25) is 18.1 Å². The average Bonchev–Trinajstić information content (AvgIpc) is 3.64. The van der Waals surface area contributed by atoms with Crippen LogP contribution in [0.15, 0.2) is 78.9 Å². The molecule has 0 saturated carbocycles. The molecule has 0 radical (unpaired) electrons. The van der Waals surface area contributed by atoms with Gasteiger partial charge in [0.1, 0.15) is 6.61 Å². The van der Waals surface area contributed by atoms with Crippen LogP contribution in [0, 0.1) is 13.8 Å². The van der Waals surface area contributed by atoms with Gasteiger partial charge in [-0.05, 0) is 70.0 Å². The monoisotopic (exact) mass is 746 g/mol. The standard InChI is InChI=1S/C20H18O8.C19H28N4O3/c1-11-3-7-13(8-4-11)19(25)27-15(17(21)22)16(18(23)24)28-20(26)14-9-5-12(2)6-10-14;1-20-15-7-8-17(21-11-15)18(24)22-16-9-10-23(12-16)19(25)26-13-14-5-3-2-4-6-14/h3-10,15-16H,1-2H3,(H,21,22)(H,23,24);2-6,15-17,20-21H,7-13H2,1H3,(H,22,24)/t15-,16-;15-,16?,17+/m11/s1. The molecule has 288 valence electrons. The Hall–Kier alpha value is -5.80. The summed E-state index contributed by atoms with van der Waals surface area (Å²) in [5, 5.41) is 28.2. The van der Waals surface area contributed by atoms with Crippen LogP contribution in [0.2, 0.25) is 0 Å². The fourth-order valence-corrected chi connectivity index (χ4v) is 5.71. The Kier molecular flexibility index (Phi) is 15.1. The van der Waals surface area contributed by atoms with Crippen molar-refractivity contribution < 1.29 is 53.2 Å². The van der Waals surface area contributed by atoms with Crippen molar-refractivity contribution in [2.75, 3.05) is 26.7 Å². The van der Waals surface area contributed by atoms with Gasteiger partial charge in [0, 0.05) is 31.7 Å². The van der Waals surface area contributed by atoms with Crippen LogP contribution < -0.4 is 16.0 Å². The van der Waals surface area contributed by atoms with Crippen LogP contribution in [0.5, 0.6) is 0 Å². The quantitative estimate of drug-likeness (QED) is 0.134. The average molecular weight is 747 g/mol. The van der Waals surface area contributed by atoms with Crippen molar-refractivity contribution in [2.45, 2.75) is 70.1 Å². The summed E-state index contributed by atoms with van der Waals surface area (Å²) in [5.41, 5.74) is 2.76. The molecule has 0 aromatic heterocycles. The Labute approximate surface area is 313 Å². The molecular weight excluding hydrogens is 700 g/mol. The van der Waals surface area contributed by atoms with E-state index >= 15 is 0 Å². The fraction of sp³-hybridized carbons (Fsp3) is 0.385. The number of hydrogen-bond donors (Lipinski definition) is 5. The number of rotatable bonds is 12. The molecule has 1 unspecified atom stereocenters. The van der Waals surface area contributed by atoms with E-state index in [2.05, 4.69) is 16.0 Å². The van der Waals surface area contributed by atoms with E-state index in [0.29, 0.717) is 19.1 Å². The van der Waals surface area contributed by atoms with E-state index in [1.807, 2.05) is 37.4 Å². The Balaban J connectivity index is 0.000000241. The van der Waals surface area contributed by atoms with Crippen LogP contribution in [0.4, 0.5) is 4.79 Å². The van der Waals surface area contributed by atoms with Crippen molar-refractivity contribution in [3.63, 3.8) is 0 Å². The summed E-state index contributed by atoms with van der Waals surface area (Å²) in [7, 11) is 1.94. The number of hydrogen-bond acceptors (Lipinski definition) is 11. The molecule has 2 fully saturated rings. The van der Waals surface area contributed by atoms with Crippen molar-refractivity contribution in [1.29, 1.82) is 0 Å². The maximum absolute atomic E-state index is 12.4. The molecule has 5 rings (SSSR count). The fourth-order valence-electron chi connectivity index (χ4n) is 5.71. The highest BCUT2D eigenvalue weighted by atomic mass is 16.6. The maximum atomic E-state index is 12.4. The molecule has 2 aliphatic heterocycles. The smallest absolute Gasteiger partial charge is 0.410 e. The van der Waals surface area contributed by atoms with Gasteiger partial charge in [-0.2, -0.15) is 0 Å². The van der Waals surface area contributed by atoms with E-state index in [-0.39, 0.29) is 41.8 Å². The predicted octanol–water partition coefficient (Wildman–Crippen LogP) is 3.08. The van der Waals surface area contributed by atoms with Crippen molar-refractivity contribution in [2.24, 2.45) is 0 Å². The summed E-state index contributed by atoms with van der Waals surface area (Å²) in [4.78, 5) is 73.6. The summed E-state index contributed by atoms with van der Waals surface area (Å²) in [6.07, 6.45) is -2.19. The molecule has 2 amide bonds. The number of amides is 2. The van der Waals surface area contributed by atoms with E-state index in [0.717, 1.165) is 42.5 Å². The SMILES string of the molecule is CN[C@@H]1CC[C@@H](C(=O)NC2CCN(C(=O)OCc3ccccc3)C2)NC1.Cc1ccc(C(=O)O[C@@H](C(=O)O)[C@@H](OC(=O)c2ccc(C)cc2)C(=O)O)cc1. The minimum absolute atomic E-state index is 0.00408. The highest BCUT2D eigenvalue weighted by Gasteiger charge is 2.41. The van der Waals surface area contributed by atoms with Gasteiger partial charge in [-0.1, -0.05) is 65.7 Å².